The van der Waals surface area contributed by atoms with Crippen LogP contribution in [-0.2, 0) is 11.3 Å². The maximum absolute atomic E-state index is 14.2. The van der Waals surface area contributed by atoms with Gasteiger partial charge in [-0.1, -0.05) is 30.3 Å². The molecule has 8 heteroatoms. The smallest absolute Gasteiger partial charge is 0.410 e. The zero-order chi connectivity index (χ0) is 23.5. The van der Waals surface area contributed by atoms with E-state index < -0.39 is 17.5 Å². The highest BCUT2D eigenvalue weighted by Gasteiger charge is 2.21. The second-order valence-electron chi connectivity index (χ2n) is 8.45. The van der Waals surface area contributed by atoms with Gasteiger partial charge in [-0.2, -0.15) is 5.10 Å². The lowest BCUT2D eigenvalue weighted by Gasteiger charge is -2.25. The molecule has 1 N–H and O–H groups in total. The first-order valence-corrected chi connectivity index (χ1v) is 10.2. The van der Waals surface area contributed by atoms with Crippen LogP contribution in [0.25, 0.3) is 5.69 Å². The molecule has 0 atom stereocenters. The van der Waals surface area contributed by atoms with Gasteiger partial charge in [0.25, 0.3) is 5.91 Å². The molecule has 2 amide bonds. The lowest BCUT2D eigenvalue weighted by Crippen LogP contribution is -2.34. The molecule has 1 aromatic heterocycles. The Morgan fingerprint density at radius 2 is 1.78 bits per heavy atom. The fourth-order valence-corrected chi connectivity index (χ4v) is 3.13. The van der Waals surface area contributed by atoms with Crippen LogP contribution in [0, 0.1) is 12.7 Å². The molecule has 0 fully saturated rings. The SMILES string of the molecule is Cc1c(C(=O)Nc2ccccc2CN(C)C(=O)OC(C)(C)C)cnn1-c1ccccc1F. The van der Waals surface area contributed by atoms with Gasteiger partial charge >= 0.3 is 6.09 Å². The lowest BCUT2D eigenvalue weighted by atomic mass is 10.1. The van der Waals surface area contributed by atoms with Gasteiger partial charge in [0, 0.05) is 12.7 Å². The standard InChI is InChI=1S/C24H27FN4O3/c1-16-18(14-26-29(16)21-13-9-7-11-19(21)25)22(30)27-20-12-8-6-10-17(20)15-28(5)23(31)32-24(2,3)4/h6-14H,15H2,1-5H3,(H,27,30). The Kier molecular flexibility index (Phi) is 6.62. The number of para-hydroxylation sites is 2. The number of carbonyl (C=O) groups excluding carboxylic acids is 2. The third-order valence-electron chi connectivity index (χ3n) is 4.71. The number of hydrogen-bond acceptors (Lipinski definition) is 4. The highest BCUT2D eigenvalue weighted by Crippen LogP contribution is 2.21. The summed E-state index contributed by atoms with van der Waals surface area (Å²) in [6, 6.07) is 13.4. The minimum Gasteiger partial charge on any atom is -0.444 e. The monoisotopic (exact) mass is 438 g/mol. The van der Waals surface area contributed by atoms with Crippen LogP contribution in [0.3, 0.4) is 0 Å². The van der Waals surface area contributed by atoms with Crippen molar-refractivity contribution in [2.75, 3.05) is 12.4 Å². The number of carbonyl (C=O) groups is 2. The predicted molar refractivity (Wildman–Crippen MR) is 120 cm³/mol. The topological polar surface area (TPSA) is 76.5 Å². The van der Waals surface area contributed by atoms with Crippen molar-refractivity contribution in [2.24, 2.45) is 0 Å². The molecular formula is C24H27FN4O3. The van der Waals surface area contributed by atoms with Gasteiger partial charge in [-0.3, -0.25) is 4.79 Å². The van der Waals surface area contributed by atoms with Crippen LogP contribution < -0.4 is 5.32 Å². The summed E-state index contributed by atoms with van der Waals surface area (Å²) in [5.74, 6) is -0.807. The molecule has 0 saturated carbocycles. The number of nitrogens with zero attached hydrogens (tertiary/aromatic N) is 3. The van der Waals surface area contributed by atoms with Gasteiger partial charge in [0.05, 0.1) is 24.0 Å². The highest BCUT2D eigenvalue weighted by atomic mass is 19.1. The minimum atomic E-state index is -0.602. The Morgan fingerprint density at radius 3 is 2.47 bits per heavy atom. The van der Waals surface area contributed by atoms with E-state index in [1.807, 2.05) is 12.1 Å². The van der Waals surface area contributed by atoms with E-state index in [0.717, 1.165) is 5.56 Å². The number of benzene rings is 2. The molecule has 1 heterocycles. The maximum atomic E-state index is 14.2. The summed E-state index contributed by atoms with van der Waals surface area (Å²) in [5.41, 5.74) is 1.80. The molecule has 0 spiro atoms. The largest absolute Gasteiger partial charge is 0.444 e. The van der Waals surface area contributed by atoms with E-state index >= 15 is 0 Å². The normalized spacial score (nSPS) is 11.2. The van der Waals surface area contributed by atoms with Crippen molar-refractivity contribution >= 4 is 17.7 Å². The zero-order valence-corrected chi connectivity index (χ0v) is 18.8. The summed E-state index contributed by atoms with van der Waals surface area (Å²) >= 11 is 0. The van der Waals surface area contributed by atoms with Crippen LogP contribution >= 0.6 is 0 Å². The summed E-state index contributed by atoms with van der Waals surface area (Å²) in [6.45, 7) is 7.36. The van der Waals surface area contributed by atoms with Gasteiger partial charge in [0.15, 0.2) is 0 Å². The van der Waals surface area contributed by atoms with Crippen molar-refractivity contribution in [3.8, 4) is 5.69 Å². The molecule has 0 aliphatic rings. The fourth-order valence-electron chi connectivity index (χ4n) is 3.13. The number of anilines is 1. The number of nitrogens with one attached hydrogen (secondary N) is 1. The molecule has 0 aliphatic carbocycles. The first-order valence-electron chi connectivity index (χ1n) is 10.2. The number of hydrogen-bond donors (Lipinski definition) is 1. The van der Waals surface area contributed by atoms with Gasteiger partial charge < -0.3 is 15.0 Å². The average molecular weight is 439 g/mol. The third-order valence-corrected chi connectivity index (χ3v) is 4.71. The third kappa shape index (κ3) is 5.32. The van der Waals surface area contributed by atoms with Crippen LogP contribution in [0.4, 0.5) is 14.9 Å². The van der Waals surface area contributed by atoms with Crippen LogP contribution in [0.15, 0.2) is 54.7 Å². The first-order chi connectivity index (χ1) is 15.1. The van der Waals surface area contributed by atoms with Gasteiger partial charge in [0.1, 0.15) is 17.1 Å². The number of ether oxygens (including phenoxy) is 1. The van der Waals surface area contributed by atoms with E-state index in [1.165, 1.54) is 21.8 Å². The Labute approximate surface area is 186 Å². The predicted octanol–water partition coefficient (Wildman–Crippen LogP) is 4.94. The van der Waals surface area contributed by atoms with Crippen molar-refractivity contribution in [1.82, 2.24) is 14.7 Å². The Morgan fingerprint density at radius 1 is 1.12 bits per heavy atom. The van der Waals surface area contributed by atoms with E-state index in [0.29, 0.717) is 16.9 Å². The van der Waals surface area contributed by atoms with E-state index in [1.54, 1.807) is 65.1 Å². The molecule has 0 saturated heterocycles. The van der Waals surface area contributed by atoms with Crippen LogP contribution in [0.1, 0.15) is 42.4 Å². The van der Waals surface area contributed by atoms with Crippen molar-refractivity contribution in [1.29, 1.82) is 0 Å². The summed E-state index contributed by atoms with van der Waals surface area (Å²) in [6.07, 6.45) is 0.952. The Hall–Kier alpha value is -3.68. The zero-order valence-electron chi connectivity index (χ0n) is 18.8. The highest BCUT2D eigenvalue weighted by molar-refractivity contribution is 6.05. The van der Waals surface area contributed by atoms with Gasteiger partial charge in [-0.15, -0.1) is 0 Å². The van der Waals surface area contributed by atoms with Crippen molar-refractivity contribution in [3.05, 3.63) is 77.4 Å². The summed E-state index contributed by atoms with van der Waals surface area (Å²) in [7, 11) is 1.63. The number of halogens is 1. The molecule has 2 aromatic carbocycles. The summed E-state index contributed by atoms with van der Waals surface area (Å²) in [5, 5.41) is 7.06. The van der Waals surface area contributed by atoms with Crippen LogP contribution in [0.5, 0.6) is 0 Å². The Bertz CT molecular complexity index is 1130. The maximum Gasteiger partial charge on any atom is 0.410 e. The molecule has 3 aromatic rings. The van der Waals surface area contributed by atoms with Gasteiger partial charge in [-0.05, 0) is 51.5 Å². The van der Waals surface area contributed by atoms with E-state index in [4.69, 9.17) is 4.74 Å². The number of amides is 2. The molecule has 7 nitrogen and oxygen atoms in total. The first kappa shape index (κ1) is 23.0. The van der Waals surface area contributed by atoms with Crippen molar-refractivity contribution < 1.29 is 18.7 Å². The van der Waals surface area contributed by atoms with Gasteiger partial charge in [0.2, 0.25) is 0 Å². The molecule has 32 heavy (non-hydrogen) atoms. The molecule has 0 unspecified atom stereocenters. The molecule has 0 radical (unpaired) electrons. The summed E-state index contributed by atoms with van der Waals surface area (Å²) in [4.78, 5) is 26.7. The molecule has 0 aliphatic heterocycles. The molecule has 168 valence electrons. The molecule has 3 rings (SSSR count). The van der Waals surface area contributed by atoms with E-state index in [9.17, 15) is 14.0 Å². The van der Waals surface area contributed by atoms with Crippen molar-refractivity contribution in [2.45, 2.75) is 39.8 Å². The van der Waals surface area contributed by atoms with Gasteiger partial charge in [-0.25, -0.2) is 13.9 Å². The Balaban J connectivity index is 1.78. The second-order valence-corrected chi connectivity index (χ2v) is 8.45. The molecular weight excluding hydrogens is 411 g/mol. The van der Waals surface area contributed by atoms with Crippen LogP contribution in [0.2, 0.25) is 0 Å². The number of rotatable bonds is 5. The van der Waals surface area contributed by atoms with Crippen molar-refractivity contribution in [3.63, 3.8) is 0 Å². The minimum absolute atomic E-state index is 0.249. The quantitative estimate of drug-likeness (QED) is 0.612. The van der Waals surface area contributed by atoms with E-state index in [-0.39, 0.29) is 18.1 Å². The fraction of sp³-hybridized carbons (Fsp3) is 0.292. The molecule has 0 bridgehead atoms. The second kappa shape index (κ2) is 9.21. The van der Waals surface area contributed by atoms with E-state index in [2.05, 4.69) is 10.4 Å². The lowest BCUT2D eigenvalue weighted by molar-refractivity contribution is 0.0285. The van der Waals surface area contributed by atoms with Crippen LogP contribution in [-0.4, -0.2) is 39.3 Å². The summed E-state index contributed by atoms with van der Waals surface area (Å²) < 4.78 is 20.9. The average Bonchev–Trinajstić information content (AvgIpc) is 3.09. The number of aromatic nitrogens is 2.